The van der Waals surface area contributed by atoms with E-state index in [1.165, 1.54) is 11.2 Å². The maximum Gasteiger partial charge on any atom is 0.261 e. The van der Waals surface area contributed by atoms with Crippen molar-refractivity contribution in [3.63, 3.8) is 0 Å². The molecule has 0 spiro atoms. The molecule has 0 aliphatic carbocycles. The van der Waals surface area contributed by atoms with Gasteiger partial charge in [-0.1, -0.05) is 18.7 Å². The molecule has 1 heterocycles. The minimum atomic E-state index is -0.194. The lowest BCUT2D eigenvalue weighted by Gasteiger charge is -2.13. The molecule has 1 aromatic carbocycles. The molecule has 2 amide bonds. The van der Waals surface area contributed by atoms with Crippen molar-refractivity contribution in [3.8, 4) is 0 Å². The van der Waals surface area contributed by atoms with Crippen LogP contribution in [0.15, 0.2) is 37.1 Å². The van der Waals surface area contributed by atoms with Crippen molar-refractivity contribution >= 4 is 11.8 Å². The summed E-state index contributed by atoms with van der Waals surface area (Å²) in [6.45, 7) is 4.45. The molecule has 0 atom stereocenters. The van der Waals surface area contributed by atoms with Crippen molar-refractivity contribution < 1.29 is 14.3 Å². The molecule has 1 aromatic rings. The molecule has 0 unspecified atom stereocenters. The fraction of sp³-hybridized carbons (Fsp3) is 0.286. The second-order valence-corrected chi connectivity index (χ2v) is 4.05. The van der Waals surface area contributed by atoms with Crippen LogP contribution < -0.4 is 0 Å². The molecule has 0 fully saturated rings. The number of carbonyl (C=O) groups excluding carboxylic acids is 2. The van der Waals surface area contributed by atoms with E-state index in [-0.39, 0.29) is 11.8 Å². The maximum absolute atomic E-state index is 12.0. The molecule has 1 aliphatic heterocycles. The molecule has 0 saturated heterocycles. The quantitative estimate of drug-likeness (QED) is 0.438. The van der Waals surface area contributed by atoms with E-state index in [4.69, 9.17) is 4.74 Å². The van der Waals surface area contributed by atoms with Gasteiger partial charge in [-0.2, -0.15) is 0 Å². The Balaban J connectivity index is 1.94. The van der Waals surface area contributed by atoms with Gasteiger partial charge in [-0.25, -0.2) is 0 Å². The first-order chi connectivity index (χ1) is 8.75. The van der Waals surface area contributed by atoms with E-state index in [0.29, 0.717) is 24.3 Å². The molecule has 0 radical (unpaired) electrons. The van der Waals surface area contributed by atoms with Gasteiger partial charge in [-0.15, -0.1) is 0 Å². The molecule has 94 valence electrons. The number of hydrogen-bond donors (Lipinski definition) is 0. The first-order valence-corrected chi connectivity index (χ1v) is 5.93. The zero-order valence-corrected chi connectivity index (χ0v) is 10.1. The van der Waals surface area contributed by atoms with Crippen molar-refractivity contribution in [1.29, 1.82) is 0 Å². The van der Waals surface area contributed by atoms with Gasteiger partial charge < -0.3 is 4.74 Å². The van der Waals surface area contributed by atoms with Gasteiger partial charge in [0.2, 0.25) is 0 Å². The van der Waals surface area contributed by atoms with Crippen LogP contribution in [0.25, 0.3) is 0 Å². The standard InChI is InChI=1S/C14H15NO3/c1-2-18-10-6-5-9-15-13(16)11-7-3-4-8-12(11)14(15)17/h2-4,7-8H,1,5-6,9-10H2. The zero-order chi connectivity index (χ0) is 13.0. The van der Waals surface area contributed by atoms with E-state index < -0.39 is 0 Å². The van der Waals surface area contributed by atoms with E-state index in [0.717, 1.165) is 12.8 Å². The highest BCUT2D eigenvalue weighted by Crippen LogP contribution is 2.22. The molecule has 1 aliphatic rings. The van der Waals surface area contributed by atoms with Crippen LogP contribution in [-0.2, 0) is 4.74 Å². The second kappa shape index (κ2) is 5.49. The third-order valence-electron chi connectivity index (χ3n) is 2.89. The van der Waals surface area contributed by atoms with Crippen LogP contribution in [-0.4, -0.2) is 29.9 Å². The maximum atomic E-state index is 12.0. The van der Waals surface area contributed by atoms with Gasteiger partial charge >= 0.3 is 0 Å². The lowest BCUT2D eigenvalue weighted by Crippen LogP contribution is -2.30. The molecule has 0 aromatic heterocycles. The summed E-state index contributed by atoms with van der Waals surface area (Å²) in [4.78, 5) is 25.3. The zero-order valence-electron chi connectivity index (χ0n) is 10.1. The van der Waals surface area contributed by atoms with Crippen LogP contribution in [0.1, 0.15) is 33.6 Å². The highest BCUT2D eigenvalue weighted by Gasteiger charge is 2.34. The Hall–Kier alpha value is -2.10. The summed E-state index contributed by atoms with van der Waals surface area (Å²) in [7, 11) is 0. The van der Waals surface area contributed by atoms with Gasteiger partial charge in [0.05, 0.1) is 24.0 Å². The number of fused-ring (bicyclic) bond motifs is 1. The van der Waals surface area contributed by atoms with E-state index in [1.54, 1.807) is 24.3 Å². The Kier molecular flexibility index (Phi) is 3.77. The van der Waals surface area contributed by atoms with Gasteiger partial charge in [0, 0.05) is 6.54 Å². The number of carbonyl (C=O) groups is 2. The Bertz CT molecular complexity index is 447. The van der Waals surface area contributed by atoms with Gasteiger partial charge in [0.15, 0.2) is 0 Å². The van der Waals surface area contributed by atoms with Gasteiger partial charge in [-0.3, -0.25) is 14.5 Å². The van der Waals surface area contributed by atoms with Crippen molar-refractivity contribution in [2.45, 2.75) is 12.8 Å². The second-order valence-electron chi connectivity index (χ2n) is 4.05. The molecular formula is C14H15NO3. The van der Waals surface area contributed by atoms with Crippen LogP contribution in [0.5, 0.6) is 0 Å². The third kappa shape index (κ3) is 2.27. The normalized spacial score (nSPS) is 13.7. The number of rotatable bonds is 6. The SMILES string of the molecule is C=COCCCCN1C(=O)c2ccccc2C1=O. The first kappa shape index (κ1) is 12.4. The summed E-state index contributed by atoms with van der Waals surface area (Å²) >= 11 is 0. The highest BCUT2D eigenvalue weighted by molar-refractivity contribution is 6.21. The highest BCUT2D eigenvalue weighted by atomic mass is 16.5. The van der Waals surface area contributed by atoms with E-state index in [1.807, 2.05) is 0 Å². The Labute approximate surface area is 106 Å². The van der Waals surface area contributed by atoms with Gasteiger partial charge in [0.1, 0.15) is 0 Å². The van der Waals surface area contributed by atoms with E-state index in [2.05, 4.69) is 6.58 Å². The van der Waals surface area contributed by atoms with Crippen LogP contribution >= 0.6 is 0 Å². The van der Waals surface area contributed by atoms with E-state index >= 15 is 0 Å². The molecular weight excluding hydrogens is 230 g/mol. The average Bonchev–Trinajstić information content (AvgIpc) is 2.64. The van der Waals surface area contributed by atoms with Crippen molar-refractivity contribution in [2.75, 3.05) is 13.2 Å². The lowest BCUT2D eigenvalue weighted by atomic mass is 10.1. The number of unbranched alkanes of at least 4 members (excludes halogenated alkanes) is 1. The predicted octanol–water partition coefficient (Wildman–Crippen LogP) is 2.22. The summed E-state index contributed by atoms with van der Waals surface area (Å²) < 4.78 is 4.99. The number of ether oxygens (including phenoxy) is 1. The predicted molar refractivity (Wildman–Crippen MR) is 67.2 cm³/mol. The van der Waals surface area contributed by atoms with Crippen molar-refractivity contribution in [3.05, 3.63) is 48.2 Å². The topological polar surface area (TPSA) is 46.6 Å². The number of hydrogen-bond acceptors (Lipinski definition) is 3. The van der Waals surface area contributed by atoms with Crippen LogP contribution in [0.2, 0.25) is 0 Å². The molecule has 2 rings (SSSR count). The smallest absolute Gasteiger partial charge is 0.261 e. The number of nitrogens with zero attached hydrogens (tertiary/aromatic N) is 1. The summed E-state index contributed by atoms with van der Waals surface area (Å²) in [5.74, 6) is -0.388. The first-order valence-electron chi connectivity index (χ1n) is 5.93. The number of imide groups is 1. The van der Waals surface area contributed by atoms with Crippen LogP contribution in [0, 0.1) is 0 Å². The monoisotopic (exact) mass is 245 g/mol. The fourth-order valence-electron chi connectivity index (χ4n) is 1.98. The fourth-order valence-corrected chi connectivity index (χ4v) is 1.98. The summed E-state index contributed by atoms with van der Waals surface area (Å²) in [5.41, 5.74) is 1.01. The third-order valence-corrected chi connectivity index (χ3v) is 2.89. The molecule has 0 saturated carbocycles. The Morgan fingerprint density at radius 1 is 1.11 bits per heavy atom. The van der Waals surface area contributed by atoms with Crippen molar-refractivity contribution in [1.82, 2.24) is 4.90 Å². The Morgan fingerprint density at radius 3 is 2.28 bits per heavy atom. The summed E-state index contributed by atoms with van der Waals surface area (Å²) in [6, 6.07) is 6.92. The number of benzene rings is 1. The van der Waals surface area contributed by atoms with Gasteiger partial charge in [0.25, 0.3) is 11.8 Å². The van der Waals surface area contributed by atoms with Crippen LogP contribution in [0.4, 0.5) is 0 Å². The Morgan fingerprint density at radius 2 is 1.72 bits per heavy atom. The summed E-state index contributed by atoms with van der Waals surface area (Å²) in [5, 5.41) is 0. The van der Waals surface area contributed by atoms with Gasteiger partial charge in [-0.05, 0) is 25.0 Å². The van der Waals surface area contributed by atoms with E-state index in [9.17, 15) is 9.59 Å². The van der Waals surface area contributed by atoms with Crippen LogP contribution in [0.3, 0.4) is 0 Å². The molecule has 4 nitrogen and oxygen atoms in total. The van der Waals surface area contributed by atoms with Crippen molar-refractivity contribution in [2.24, 2.45) is 0 Å². The summed E-state index contributed by atoms with van der Waals surface area (Å²) in [6.07, 6.45) is 2.92. The largest absolute Gasteiger partial charge is 0.502 e. The number of amides is 2. The average molecular weight is 245 g/mol. The molecule has 18 heavy (non-hydrogen) atoms. The lowest BCUT2D eigenvalue weighted by molar-refractivity contribution is 0.0648. The molecule has 0 bridgehead atoms. The minimum Gasteiger partial charge on any atom is -0.502 e. The molecule has 0 N–H and O–H groups in total. The minimum absolute atomic E-state index is 0.194. The molecule has 4 heteroatoms.